The number of rotatable bonds is 1. The molecule has 4 nitrogen and oxygen atoms in total. The first-order valence-corrected chi connectivity index (χ1v) is 3.15. The SMILES string of the molecule is C=CC(=O)O.CCO.CNC. The second kappa shape index (κ2) is 22.9. The average Bonchev–Trinajstić information content (AvgIpc) is 1.91. The van der Waals surface area contributed by atoms with Gasteiger partial charge >= 0.3 is 5.97 Å². The van der Waals surface area contributed by atoms with Crippen molar-refractivity contribution in [2.75, 3.05) is 20.7 Å². The highest BCUT2D eigenvalue weighted by atomic mass is 16.4. The third-order valence-electron chi connectivity index (χ3n) is 0.175. The average molecular weight is 163 g/mol. The normalized spacial score (nSPS) is 6.18. The summed E-state index contributed by atoms with van der Waals surface area (Å²) >= 11 is 0. The van der Waals surface area contributed by atoms with Crippen LogP contribution in [0.25, 0.3) is 0 Å². The lowest BCUT2D eigenvalue weighted by Gasteiger charge is -1.64. The second-order valence-corrected chi connectivity index (χ2v) is 1.36. The number of nitrogens with one attached hydrogen (secondary N) is 1. The van der Waals surface area contributed by atoms with Crippen LogP contribution in [0.5, 0.6) is 0 Å². The molecule has 0 aromatic carbocycles. The molecule has 0 unspecified atom stereocenters. The molecule has 0 rings (SSSR count). The van der Waals surface area contributed by atoms with Crippen LogP contribution in [0.1, 0.15) is 6.92 Å². The largest absolute Gasteiger partial charge is 0.478 e. The van der Waals surface area contributed by atoms with Gasteiger partial charge in [-0.15, -0.1) is 0 Å². The van der Waals surface area contributed by atoms with Crippen LogP contribution in [0.15, 0.2) is 12.7 Å². The van der Waals surface area contributed by atoms with Crippen LogP contribution >= 0.6 is 0 Å². The molecule has 0 spiro atoms. The quantitative estimate of drug-likeness (QED) is 0.479. The summed E-state index contributed by atoms with van der Waals surface area (Å²) in [7, 11) is 3.75. The van der Waals surface area contributed by atoms with Crippen molar-refractivity contribution < 1.29 is 15.0 Å². The molecule has 3 N–H and O–H groups in total. The van der Waals surface area contributed by atoms with E-state index in [1.54, 1.807) is 6.92 Å². The van der Waals surface area contributed by atoms with E-state index in [0.29, 0.717) is 0 Å². The number of hydrogen-bond donors (Lipinski definition) is 3. The van der Waals surface area contributed by atoms with Crippen LogP contribution < -0.4 is 5.32 Å². The Morgan fingerprint density at radius 1 is 1.64 bits per heavy atom. The van der Waals surface area contributed by atoms with E-state index in [-0.39, 0.29) is 6.61 Å². The van der Waals surface area contributed by atoms with Gasteiger partial charge in [0.1, 0.15) is 0 Å². The van der Waals surface area contributed by atoms with Crippen LogP contribution in [0.4, 0.5) is 0 Å². The maximum absolute atomic E-state index is 9.25. The number of aliphatic carboxylic acids is 1. The first-order valence-electron chi connectivity index (χ1n) is 3.15. The molecule has 0 aliphatic rings. The number of carboxylic acids is 1. The lowest BCUT2D eigenvalue weighted by molar-refractivity contribution is -0.131. The van der Waals surface area contributed by atoms with Gasteiger partial charge in [0.2, 0.25) is 0 Å². The van der Waals surface area contributed by atoms with Crippen LogP contribution in [0.2, 0.25) is 0 Å². The third kappa shape index (κ3) is 363. The first-order chi connectivity index (χ1) is 5.10. The fourth-order valence-electron chi connectivity index (χ4n) is 0. The van der Waals surface area contributed by atoms with Crippen LogP contribution in [-0.4, -0.2) is 36.9 Å². The smallest absolute Gasteiger partial charge is 0.327 e. The summed E-state index contributed by atoms with van der Waals surface area (Å²) in [5, 5.41) is 17.9. The summed E-state index contributed by atoms with van der Waals surface area (Å²) in [6, 6.07) is 0. The summed E-state index contributed by atoms with van der Waals surface area (Å²) in [6.07, 6.45) is 0.833. The zero-order chi connectivity index (χ0) is 9.70. The third-order valence-corrected chi connectivity index (χ3v) is 0.175. The van der Waals surface area contributed by atoms with Crippen molar-refractivity contribution in [3.05, 3.63) is 12.7 Å². The Morgan fingerprint density at radius 2 is 1.73 bits per heavy atom. The van der Waals surface area contributed by atoms with Gasteiger partial charge in [0, 0.05) is 12.7 Å². The molecule has 4 heteroatoms. The lowest BCUT2D eigenvalue weighted by atomic mass is 10.7. The zero-order valence-electron chi connectivity index (χ0n) is 7.29. The van der Waals surface area contributed by atoms with Gasteiger partial charge in [0.25, 0.3) is 0 Å². The molecule has 0 fully saturated rings. The zero-order valence-corrected chi connectivity index (χ0v) is 7.29. The second-order valence-electron chi connectivity index (χ2n) is 1.36. The molecule has 11 heavy (non-hydrogen) atoms. The van der Waals surface area contributed by atoms with Gasteiger partial charge in [-0.1, -0.05) is 6.58 Å². The Bertz CT molecular complexity index is 81.8. The minimum atomic E-state index is -0.981. The number of aliphatic hydroxyl groups is 1. The standard InChI is InChI=1S/C3H4O2.C2H7N.C2H6O/c1-2-3(4)5;1-3-2;1-2-3/h2H,1H2,(H,4,5);3H,1-2H3;3H,2H2,1H3. The van der Waals surface area contributed by atoms with E-state index in [2.05, 4.69) is 11.9 Å². The first kappa shape index (κ1) is 16.6. The van der Waals surface area contributed by atoms with Gasteiger partial charge in [0.05, 0.1) is 0 Å². The van der Waals surface area contributed by atoms with E-state index in [4.69, 9.17) is 10.2 Å². The molecule has 0 aliphatic heterocycles. The highest BCUT2D eigenvalue weighted by Gasteiger charge is 1.73. The van der Waals surface area contributed by atoms with Gasteiger partial charge in [-0.2, -0.15) is 0 Å². The monoisotopic (exact) mass is 163 g/mol. The number of aliphatic hydroxyl groups excluding tert-OH is 1. The molecule has 0 aromatic rings. The highest BCUT2D eigenvalue weighted by Crippen LogP contribution is 1.54. The molecule has 0 atom stereocenters. The van der Waals surface area contributed by atoms with Crippen molar-refractivity contribution in [1.82, 2.24) is 5.32 Å². The van der Waals surface area contributed by atoms with Gasteiger partial charge < -0.3 is 15.5 Å². The molecule has 0 aromatic heterocycles. The van der Waals surface area contributed by atoms with Crippen LogP contribution in [0, 0.1) is 0 Å². The van der Waals surface area contributed by atoms with Gasteiger partial charge in [0.15, 0.2) is 0 Å². The number of carboxylic acid groups (broad SMARTS) is 1. The summed E-state index contributed by atoms with van der Waals surface area (Å²) in [5.74, 6) is -0.981. The summed E-state index contributed by atoms with van der Waals surface area (Å²) < 4.78 is 0. The predicted octanol–water partition coefficient (Wildman–Crippen LogP) is 0.0912. The molecule has 0 saturated heterocycles. The van der Waals surface area contributed by atoms with Crippen LogP contribution in [-0.2, 0) is 4.79 Å². The van der Waals surface area contributed by atoms with E-state index in [0.717, 1.165) is 6.08 Å². The summed E-state index contributed by atoms with van der Waals surface area (Å²) in [4.78, 5) is 9.25. The fourth-order valence-corrected chi connectivity index (χ4v) is 0. The maximum atomic E-state index is 9.25. The van der Waals surface area contributed by atoms with Gasteiger partial charge in [-0.3, -0.25) is 0 Å². The molecule has 68 valence electrons. The van der Waals surface area contributed by atoms with Crippen molar-refractivity contribution >= 4 is 5.97 Å². The molecule has 0 aliphatic carbocycles. The number of carbonyl (C=O) groups is 1. The topological polar surface area (TPSA) is 69.6 Å². The molecule has 0 heterocycles. The van der Waals surface area contributed by atoms with Crippen molar-refractivity contribution in [3.63, 3.8) is 0 Å². The van der Waals surface area contributed by atoms with Crippen molar-refractivity contribution in [1.29, 1.82) is 0 Å². The fraction of sp³-hybridized carbons (Fsp3) is 0.571. The van der Waals surface area contributed by atoms with E-state index >= 15 is 0 Å². The Balaban J connectivity index is -0.0000000933. The Kier molecular flexibility index (Phi) is 34.6. The van der Waals surface area contributed by atoms with Crippen molar-refractivity contribution in [2.24, 2.45) is 0 Å². The molecule has 0 bridgehead atoms. The van der Waals surface area contributed by atoms with Gasteiger partial charge in [-0.25, -0.2) is 4.79 Å². The van der Waals surface area contributed by atoms with Crippen molar-refractivity contribution in [3.8, 4) is 0 Å². The van der Waals surface area contributed by atoms with Crippen LogP contribution in [0.3, 0.4) is 0 Å². The minimum absolute atomic E-state index is 0.250. The predicted molar refractivity (Wildman–Crippen MR) is 45.6 cm³/mol. The van der Waals surface area contributed by atoms with Gasteiger partial charge in [-0.05, 0) is 21.0 Å². The number of hydrogen-bond acceptors (Lipinski definition) is 3. The minimum Gasteiger partial charge on any atom is -0.478 e. The van der Waals surface area contributed by atoms with E-state index < -0.39 is 5.97 Å². The summed E-state index contributed by atoms with van der Waals surface area (Å²) in [6.45, 7) is 4.89. The molecular formula is C7H17NO3. The summed E-state index contributed by atoms with van der Waals surface area (Å²) in [5.41, 5.74) is 0. The van der Waals surface area contributed by atoms with Crippen molar-refractivity contribution in [2.45, 2.75) is 6.92 Å². The highest BCUT2D eigenvalue weighted by molar-refractivity contribution is 5.78. The Labute approximate surface area is 67.6 Å². The Morgan fingerprint density at radius 3 is 1.73 bits per heavy atom. The molecule has 0 radical (unpaired) electrons. The lowest BCUT2D eigenvalue weighted by Crippen LogP contribution is -1.89. The van der Waals surface area contributed by atoms with E-state index in [9.17, 15) is 4.79 Å². The molecule has 0 amide bonds. The van der Waals surface area contributed by atoms with E-state index in [1.807, 2.05) is 14.1 Å². The Hall–Kier alpha value is -0.870. The maximum Gasteiger partial charge on any atom is 0.327 e. The molecular weight excluding hydrogens is 146 g/mol. The molecule has 0 saturated carbocycles. The van der Waals surface area contributed by atoms with E-state index in [1.165, 1.54) is 0 Å².